The van der Waals surface area contributed by atoms with Crippen molar-refractivity contribution in [2.45, 2.75) is 50.6 Å². The van der Waals surface area contributed by atoms with Crippen LogP contribution in [0.2, 0.25) is 0 Å². The van der Waals surface area contributed by atoms with Gasteiger partial charge in [-0.3, -0.25) is 5.04 Å². The Kier molecular flexibility index (Phi) is 4.31. The summed E-state index contributed by atoms with van der Waals surface area (Å²) in [5.74, 6) is -0.548. The summed E-state index contributed by atoms with van der Waals surface area (Å²) >= 11 is -0.487. The third-order valence-electron chi connectivity index (χ3n) is 5.05. The predicted octanol–water partition coefficient (Wildman–Crippen LogP) is 2.17. The Labute approximate surface area is 126 Å². The molecule has 0 heterocycles. The monoisotopic (exact) mass is 325 g/mol. The molecule has 21 heavy (non-hydrogen) atoms. The maximum absolute atomic E-state index is 13.6. The van der Waals surface area contributed by atoms with Gasteiger partial charge in [0, 0.05) is 0 Å². The van der Waals surface area contributed by atoms with Gasteiger partial charge in [0.25, 0.3) is 0 Å². The van der Waals surface area contributed by atoms with E-state index in [1.54, 1.807) is 6.92 Å². The summed E-state index contributed by atoms with van der Waals surface area (Å²) in [5, 5.41) is 19.3. The minimum atomic E-state index is -3.65. The second kappa shape index (κ2) is 5.34. The summed E-state index contributed by atoms with van der Waals surface area (Å²) in [5.41, 5.74) is -1.14. The fourth-order valence-electron chi connectivity index (χ4n) is 3.52. The second-order valence-electron chi connectivity index (χ2n) is 6.58. The van der Waals surface area contributed by atoms with Gasteiger partial charge in [-0.25, -0.2) is 0 Å². The van der Waals surface area contributed by atoms with E-state index in [0.717, 1.165) is 6.42 Å². The zero-order valence-corrected chi connectivity index (χ0v) is 12.9. The molecule has 122 valence electrons. The highest BCUT2D eigenvalue weighted by Gasteiger charge is 2.63. The molecule has 3 saturated carbocycles. The van der Waals surface area contributed by atoms with Gasteiger partial charge in [-0.2, -0.15) is 13.1 Å². The molecule has 4 atom stereocenters. The zero-order valence-electron chi connectivity index (χ0n) is 12.1. The van der Waals surface area contributed by atoms with Crippen molar-refractivity contribution in [1.82, 2.24) is 0 Å². The predicted molar refractivity (Wildman–Crippen MR) is 69.3 cm³/mol. The first-order chi connectivity index (χ1) is 9.54. The van der Waals surface area contributed by atoms with Crippen molar-refractivity contribution in [3.05, 3.63) is 12.3 Å². The van der Waals surface area contributed by atoms with Crippen molar-refractivity contribution < 1.29 is 33.3 Å². The van der Waals surface area contributed by atoms with Gasteiger partial charge in [0.05, 0.1) is 6.10 Å². The van der Waals surface area contributed by atoms with Crippen LogP contribution in [0.1, 0.15) is 33.6 Å². The SMILES string of the molecule is C=C(OC1(C)CC2CC(C1O)C2(C)C)C(F)(F)SOO[O-]. The van der Waals surface area contributed by atoms with Crippen LogP contribution in [-0.4, -0.2) is 22.1 Å². The van der Waals surface area contributed by atoms with Gasteiger partial charge in [-0.15, -0.1) is 0 Å². The van der Waals surface area contributed by atoms with Crippen LogP contribution < -0.4 is 5.26 Å². The number of hydrogen-bond acceptors (Lipinski definition) is 6. The van der Waals surface area contributed by atoms with E-state index in [9.17, 15) is 19.1 Å². The molecule has 4 unspecified atom stereocenters. The van der Waals surface area contributed by atoms with E-state index in [4.69, 9.17) is 4.74 Å². The normalized spacial score (nSPS) is 37.8. The van der Waals surface area contributed by atoms with Crippen LogP contribution in [0.15, 0.2) is 12.3 Å². The summed E-state index contributed by atoms with van der Waals surface area (Å²) < 4.78 is 36.2. The van der Waals surface area contributed by atoms with Gasteiger partial charge in [0.2, 0.25) is 0 Å². The molecule has 1 N–H and O–H groups in total. The van der Waals surface area contributed by atoms with Crippen LogP contribution in [0.4, 0.5) is 8.78 Å². The summed E-state index contributed by atoms with van der Waals surface area (Å²) in [6.45, 7) is 8.91. The van der Waals surface area contributed by atoms with Crippen LogP contribution in [0.3, 0.4) is 0 Å². The molecule has 3 rings (SSSR count). The second-order valence-corrected chi connectivity index (χ2v) is 7.40. The smallest absolute Gasteiger partial charge is 0.376 e. The Morgan fingerprint density at radius 2 is 2.05 bits per heavy atom. The summed E-state index contributed by atoms with van der Waals surface area (Å²) in [6.07, 6.45) is 0.487. The van der Waals surface area contributed by atoms with E-state index in [2.05, 4.69) is 29.8 Å². The van der Waals surface area contributed by atoms with Crippen molar-refractivity contribution in [3.8, 4) is 0 Å². The average molecular weight is 325 g/mol. The van der Waals surface area contributed by atoms with Crippen molar-refractivity contribution >= 4 is 12.0 Å². The molecular weight excluding hydrogens is 306 g/mol. The lowest BCUT2D eigenvalue weighted by Crippen LogP contribution is -2.65. The van der Waals surface area contributed by atoms with Crippen LogP contribution >= 0.6 is 12.0 Å². The van der Waals surface area contributed by atoms with Gasteiger partial charge < -0.3 is 15.1 Å². The van der Waals surface area contributed by atoms with E-state index in [0.29, 0.717) is 12.3 Å². The minimum Gasteiger partial charge on any atom is -0.691 e. The molecular formula is C13H19F2O5S-. The highest BCUT2D eigenvalue weighted by atomic mass is 32.2. The molecule has 0 aromatic rings. The number of halogens is 2. The summed E-state index contributed by atoms with van der Waals surface area (Å²) in [7, 11) is 0. The average Bonchev–Trinajstić information content (AvgIpc) is 2.39. The molecule has 0 radical (unpaired) electrons. The Morgan fingerprint density at radius 3 is 2.52 bits per heavy atom. The molecule has 5 nitrogen and oxygen atoms in total. The zero-order chi connectivity index (χ0) is 16.1. The minimum absolute atomic E-state index is 0.0107. The fourth-order valence-corrected chi connectivity index (χ4v) is 3.77. The number of aliphatic hydroxyl groups is 1. The number of hydrogen-bond donors (Lipinski definition) is 1. The number of rotatable bonds is 6. The molecule has 3 fully saturated rings. The Balaban J connectivity index is 2.04. The maximum atomic E-state index is 13.6. The lowest BCUT2D eigenvalue weighted by Gasteiger charge is -2.63. The highest BCUT2D eigenvalue weighted by molar-refractivity contribution is 7.95. The molecule has 0 aromatic carbocycles. The molecule has 0 aromatic heterocycles. The van der Waals surface area contributed by atoms with E-state index >= 15 is 0 Å². The van der Waals surface area contributed by atoms with Crippen LogP contribution in [0.25, 0.3) is 0 Å². The van der Waals surface area contributed by atoms with E-state index < -0.39 is 34.8 Å². The molecule has 2 bridgehead atoms. The first kappa shape index (κ1) is 17.0. The van der Waals surface area contributed by atoms with Gasteiger partial charge in [0.15, 0.2) is 5.76 Å². The van der Waals surface area contributed by atoms with Crippen molar-refractivity contribution in [2.24, 2.45) is 17.3 Å². The fraction of sp³-hybridized carbons (Fsp3) is 0.846. The Morgan fingerprint density at radius 1 is 1.43 bits per heavy atom. The topological polar surface area (TPSA) is 71.0 Å². The quantitative estimate of drug-likeness (QED) is 0.349. The summed E-state index contributed by atoms with van der Waals surface area (Å²) in [6, 6.07) is 0. The Bertz CT molecular complexity index is 431. The number of alkyl halides is 2. The van der Waals surface area contributed by atoms with Crippen LogP contribution in [0, 0.1) is 17.3 Å². The molecule has 0 aliphatic heterocycles. The molecule has 8 heteroatoms. The van der Waals surface area contributed by atoms with E-state index in [1.165, 1.54) is 0 Å². The number of ether oxygens (including phenoxy) is 1. The summed E-state index contributed by atoms with van der Waals surface area (Å²) in [4.78, 5) is 0. The van der Waals surface area contributed by atoms with Crippen molar-refractivity contribution in [3.63, 3.8) is 0 Å². The third-order valence-corrected chi connectivity index (χ3v) is 5.61. The van der Waals surface area contributed by atoms with E-state index in [1.807, 2.05) is 0 Å². The van der Waals surface area contributed by atoms with Crippen molar-refractivity contribution in [2.75, 3.05) is 0 Å². The molecule has 3 aliphatic rings. The standard InChI is InChI=1S/C13H20F2O5S/c1-7(13(14,15)21-20-19-17)18-12(4)6-8-5-9(10(12)16)11(8,2)3/h8-10,16-17H,1,5-6H2,2-4H3/p-1. The van der Waals surface area contributed by atoms with Gasteiger partial charge in [0.1, 0.15) is 17.6 Å². The van der Waals surface area contributed by atoms with Gasteiger partial charge in [-0.05, 0) is 37.0 Å². The van der Waals surface area contributed by atoms with Crippen LogP contribution in [-0.2, 0) is 14.1 Å². The molecule has 0 saturated heterocycles. The molecule has 3 aliphatic carbocycles. The first-order valence-corrected chi connectivity index (χ1v) is 7.37. The molecule has 0 spiro atoms. The lowest BCUT2D eigenvalue weighted by atomic mass is 9.45. The first-order valence-electron chi connectivity index (χ1n) is 6.63. The van der Waals surface area contributed by atoms with Gasteiger partial charge in [-0.1, -0.05) is 20.4 Å². The van der Waals surface area contributed by atoms with Crippen LogP contribution in [0.5, 0.6) is 0 Å². The van der Waals surface area contributed by atoms with Gasteiger partial charge >= 0.3 is 5.25 Å². The highest BCUT2D eigenvalue weighted by Crippen LogP contribution is 2.62. The lowest BCUT2D eigenvalue weighted by molar-refractivity contribution is -0.777. The molecule has 0 amide bonds. The van der Waals surface area contributed by atoms with E-state index in [-0.39, 0.29) is 11.3 Å². The number of aliphatic hydroxyl groups excluding tert-OH is 1. The Hall–Kier alpha value is -0.410. The maximum Gasteiger partial charge on any atom is 0.376 e. The number of fused-ring (bicyclic) bond motifs is 2. The largest absolute Gasteiger partial charge is 0.691 e. The third kappa shape index (κ3) is 2.79. The van der Waals surface area contributed by atoms with Crippen molar-refractivity contribution in [1.29, 1.82) is 0 Å².